The molecule has 0 fully saturated rings. The van der Waals surface area contributed by atoms with Crippen molar-refractivity contribution >= 4 is 6.09 Å². The van der Waals surface area contributed by atoms with E-state index in [1.54, 1.807) is 25.2 Å². The Bertz CT molecular complexity index is 1180. The van der Waals surface area contributed by atoms with E-state index < -0.39 is 6.09 Å². The van der Waals surface area contributed by atoms with Gasteiger partial charge in [-0.15, -0.1) is 0 Å². The fraction of sp³-hybridized carbons (Fsp3) is 0.304. The molecule has 0 aliphatic heterocycles. The third kappa shape index (κ3) is 3.82. The second-order valence-electron chi connectivity index (χ2n) is 7.73. The highest BCUT2D eigenvalue weighted by Crippen LogP contribution is 2.40. The monoisotopic (exact) mass is 418 g/mol. The lowest BCUT2D eigenvalue weighted by molar-refractivity contribution is 0.138. The maximum atomic E-state index is 11.4. The number of ether oxygens (including phenoxy) is 1. The van der Waals surface area contributed by atoms with Crippen LogP contribution in [0.25, 0.3) is 22.8 Å². The van der Waals surface area contributed by atoms with Gasteiger partial charge in [-0.25, -0.2) is 4.79 Å². The number of carboxylic acid groups (broad SMARTS) is 1. The summed E-state index contributed by atoms with van der Waals surface area (Å²) >= 11 is 0. The van der Waals surface area contributed by atoms with E-state index in [2.05, 4.69) is 16.2 Å². The molecule has 3 aromatic rings. The number of nitrogens with zero attached hydrogens (tertiary/aromatic N) is 4. The highest BCUT2D eigenvalue weighted by atomic mass is 16.5. The second kappa shape index (κ2) is 8.11. The van der Waals surface area contributed by atoms with Gasteiger partial charge in [0.1, 0.15) is 11.8 Å². The van der Waals surface area contributed by atoms with Crippen LogP contribution in [0.5, 0.6) is 5.75 Å². The molecule has 0 saturated carbocycles. The summed E-state index contributed by atoms with van der Waals surface area (Å²) in [5.41, 5.74) is 3.85. The molecular formula is C23H22N4O4. The summed E-state index contributed by atoms with van der Waals surface area (Å²) in [6.07, 6.45) is 0.445. The molecule has 1 amide bonds. The first-order chi connectivity index (χ1) is 14.9. The van der Waals surface area contributed by atoms with Crippen molar-refractivity contribution in [2.24, 2.45) is 0 Å². The van der Waals surface area contributed by atoms with Crippen LogP contribution in [0.2, 0.25) is 0 Å². The van der Waals surface area contributed by atoms with E-state index in [9.17, 15) is 15.2 Å². The molecule has 1 N–H and O–H groups in total. The summed E-state index contributed by atoms with van der Waals surface area (Å²) in [4.78, 5) is 17.3. The van der Waals surface area contributed by atoms with E-state index >= 15 is 0 Å². The zero-order chi connectivity index (χ0) is 22.1. The lowest BCUT2D eigenvalue weighted by Gasteiger charge is -2.22. The van der Waals surface area contributed by atoms with Crippen molar-refractivity contribution in [3.05, 3.63) is 53.1 Å². The van der Waals surface area contributed by atoms with Crippen molar-refractivity contribution in [2.45, 2.75) is 38.8 Å². The molecule has 1 aliphatic carbocycles. The van der Waals surface area contributed by atoms with Crippen LogP contribution in [0.3, 0.4) is 0 Å². The Labute approximate surface area is 179 Å². The number of amides is 1. The molecule has 4 rings (SSSR count). The lowest BCUT2D eigenvalue weighted by Crippen LogP contribution is -2.28. The molecule has 8 nitrogen and oxygen atoms in total. The molecule has 0 bridgehead atoms. The first-order valence-corrected chi connectivity index (χ1v) is 10.0. The van der Waals surface area contributed by atoms with Crippen molar-refractivity contribution < 1.29 is 19.2 Å². The predicted molar refractivity (Wildman–Crippen MR) is 112 cm³/mol. The van der Waals surface area contributed by atoms with E-state index in [0.717, 1.165) is 23.1 Å². The fourth-order valence-electron chi connectivity index (χ4n) is 3.93. The standard InChI is InChI=1S/C23H22N4O4/c1-13(2)30-20-10-7-14(11-15(20)12-24)22-25-21(26-31-22)18-6-4-5-17-16(18)8-9-19(17)27(3)23(28)29/h4-7,10-11,13,19H,8-9H2,1-3H3,(H,28,29)/t19-/m1/s1. The Hall–Kier alpha value is -3.86. The van der Waals surface area contributed by atoms with Crippen molar-refractivity contribution in [1.82, 2.24) is 15.0 Å². The zero-order valence-corrected chi connectivity index (χ0v) is 17.5. The number of hydrogen-bond donors (Lipinski definition) is 1. The SMILES string of the molecule is CC(C)Oc1ccc(-c2nc(-c3cccc4c3CC[C@H]4N(C)C(=O)O)no2)cc1C#N. The molecule has 0 spiro atoms. The number of hydrogen-bond acceptors (Lipinski definition) is 6. The lowest BCUT2D eigenvalue weighted by atomic mass is 10.0. The summed E-state index contributed by atoms with van der Waals surface area (Å²) in [5.74, 6) is 1.25. The molecule has 1 atom stereocenters. The molecule has 31 heavy (non-hydrogen) atoms. The molecule has 0 saturated heterocycles. The maximum Gasteiger partial charge on any atom is 0.407 e. The van der Waals surface area contributed by atoms with Crippen LogP contribution >= 0.6 is 0 Å². The maximum absolute atomic E-state index is 11.4. The quantitative estimate of drug-likeness (QED) is 0.641. The van der Waals surface area contributed by atoms with Gasteiger partial charge in [0.25, 0.3) is 5.89 Å². The van der Waals surface area contributed by atoms with E-state index in [1.807, 2.05) is 32.0 Å². The minimum Gasteiger partial charge on any atom is -0.490 e. The topological polar surface area (TPSA) is 112 Å². The molecule has 158 valence electrons. The molecule has 1 aromatic heterocycles. The molecular weight excluding hydrogens is 396 g/mol. The van der Waals surface area contributed by atoms with Crippen molar-refractivity contribution in [1.29, 1.82) is 5.26 Å². The molecule has 0 radical (unpaired) electrons. The van der Waals surface area contributed by atoms with E-state index in [0.29, 0.717) is 35.0 Å². The van der Waals surface area contributed by atoms with Crippen LogP contribution in [0.4, 0.5) is 4.79 Å². The Kier molecular flexibility index (Phi) is 5.34. The van der Waals surface area contributed by atoms with E-state index in [4.69, 9.17) is 9.26 Å². The van der Waals surface area contributed by atoms with Gasteiger partial charge in [-0.1, -0.05) is 23.4 Å². The van der Waals surface area contributed by atoms with Crippen LogP contribution in [0.15, 0.2) is 40.9 Å². The number of aromatic nitrogens is 2. The van der Waals surface area contributed by atoms with Gasteiger partial charge in [0.15, 0.2) is 0 Å². The van der Waals surface area contributed by atoms with Crippen LogP contribution < -0.4 is 4.74 Å². The average Bonchev–Trinajstić information content (AvgIpc) is 3.40. The second-order valence-corrected chi connectivity index (χ2v) is 7.73. The highest BCUT2D eigenvalue weighted by Gasteiger charge is 2.31. The summed E-state index contributed by atoms with van der Waals surface area (Å²) < 4.78 is 11.1. The molecule has 8 heteroatoms. The molecule has 1 heterocycles. The number of fused-ring (bicyclic) bond motifs is 1. The third-order valence-corrected chi connectivity index (χ3v) is 5.38. The number of benzene rings is 2. The number of carbonyl (C=O) groups is 1. The van der Waals surface area contributed by atoms with Gasteiger partial charge in [-0.3, -0.25) is 0 Å². The van der Waals surface area contributed by atoms with Gasteiger partial charge in [-0.05, 0) is 56.0 Å². The average molecular weight is 418 g/mol. The van der Waals surface area contributed by atoms with E-state index in [-0.39, 0.29) is 12.1 Å². The largest absolute Gasteiger partial charge is 0.490 e. The van der Waals surface area contributed by atoms with Crippen LogP contribution in [-0.2, 0) is 6.42 Å². The van der Waals surface area contributed by atoms with Crippen LogP contribution in [-0.4, -0.2) is 39.4 Å². The molecule has 0 unspecified atom stereocenters. The van der Waals surface area contributed by atoms with Gasteiger partial charge in [0.2, 0.25) is 5.82 Å². The summed E-state index contributed by atoms with van der Waals surface area (Å²) in [5, 5.41) is 22.9. The highest BCUT2D eigenvalue weighted by molar-refractivity contribution is 5.69. The molecule has 2 aromatic carbocycles. The minimum atomic E-state index is -0.955. The van der Waals surface area contributed by atoms with E-state index in [1.165, 1.54) is 4.90 Å². The number of nitriles is 1. The third-order valence-electron chi connectivity index (χ3n) is 5.38. The summed E-state index contributed by atoms with van der Waals surface area (Å²) in [6.45, 7) is 3.80. The smallest absolute Gasteiger partial charge is 0.407 e. The van der Waals surface area contributed by atoms with Crippen molar-refractivity contribution in [3.63, 3.8) is 0 Å². The first-order valence-electron chi connectivity index (χ1n) is 10.0. The van der Waals surface area contributed by atoms with Crippen LogP contribution in [0, 0.1) is 11.3 Å². The Morgan fingerprint density at radius 1 is 1.35 bits per heavy atom. The minimum absolute atomic E-state index is 0.0443. The van der Waals surface area contributed by atoms with Gasteiger partial charge in [0.05, 0.1) is 17.7 Å². The Morgan fingerprint density at radius 2 is 2.16 bits per heavy atom. The number of rotatable bonds is 5. The predicted octanol–water partition coefficient (Wildman–Crippen LogP) is 4.66. The van der Waals surface area contributed by atoms with Gasteiger partial charge in [0, 0.05) is 18.2 Å². The first kappa shape index (κ1) is 20.4. The van der Waals surface area contributed by atoms with Crippen molar-refractivity contribution in [2.75, 3.05) is 7.05 Å². The fourth-order valence-corrected chi connectivity index (χ4v) is 3.93. The molecule has 1 aliphatic rings. The van der Waals surface area contributed by atoms with Gasteiger partial charge in [-0.2, -0.15) is 10.2 Å². The summed E-state index contributed by atoms with van der Waals surface area (Å²) in [6, 6.07) is 12.9. The Morgan fingerprint density at radius 3 is 2.87 bits per heavy atom. The van der Waals surface area contributed by atoms with Crippen LogP contribution in [0.1, 0.15) is 43.0 Å². The normalized spacial score (nSPS) is 14.9. The van der Waals surface area contributed by atoms with Gasteiger partial charge >= 0.3 is 6.09 Å². The zero-order valence-electron chi connectivity index (χ0n) is 17.5. The van der Waals surface area contributed by atoms with Crippen molar-refractivity contribution in [3.8, 4) is 34.7 Å². The summed E-state index contributed by atoms with van der Waals surface area (Å²) in [7, 11) is 1.58. The van der Waals surface area contributed by atoms with Gasteiger partial charge < -0.3 is 19.3 Å². The Balaban J connectivity index is 1.67.